The van der Waals surface area contributed by atoms with Crippen molar-refractivity contribution in [1.29, 1.82) is 0 Å². The maximum Gasteiger partial charge on any atom is 0.394 e. The first kappa shape index (κ1) is 23.4. The van der Waals surface area contributed by atoms with Crippen molar-refractivity contribution in [2.24, 2.45) is 0 Å². The number of nitrogens with one attached hydrogen (secondary N) is 1. The fraction of sp³-hybridized carbons (Fsp3) is 0.923. The van der Waals surface area contributed by atoms with Crippen LogP contribution in [0.25, 0.3) is 0 Å². The number of carbonyl (C=O) groups is 1. The Balaban J connectivity index is 2.62. The highest BCUT2D eigenvalue weighted by molar-refractivity contribution is 7.53. The zero-order chi connectivity index (χ0) is 20.1. The van der Waals surface area contributed by atoms with Crippen LogP contribution in [0.5, 0.6) is 0 Å². The number of rotatable bonds is 10. The fourth-order valence-corrected chi connectivity index (χ4v) is 2.82. The van der Waals surface area contributed by atoms with E-state index in [1.165, 1.54) is 7.11 Å². The number of likely N-dealkylation sites (N-methyl/N-ethyl adjacent to an activating group) is 1. The number of hydrogen-bond donors (Lipinski definition) is 3. The summed E-state index contributed by atoms with van der Waals surface area (Å²) in [4.78, 5) is 31.1. The number of methoxy groups -OCH3 is 1. The Hall–Kier alpha value is -0.615. The quantitative estimate of drug-likeness (QED) is 0.320. The summed E-state index contributed by atoms with van der Waals surface area (Å²) in [6, 6.07) is -1.19. The third kappa shape index (κ3) is 6.52. The summed E-state index contributed by atoms with van der Waals surface area (Å²) >= 11 is 0. The summed E-state index contributed by atoms with van der Waals surface area (Å²) in [5.74, 6) is -0.432. The van der Waals surface area contributed by atoms with E-state index in [2.05, 4.69) is 5.32 Å². The molecule has 13 heteroatoms. The number of halogens is 2. The molecule has 0 spiro atoms. The van der Waals surface area contributed by atoms with Gasteiger partial charge in [-0.15, -0.1) is 0 Å². The number of ether oxygens (including phenoxy) is 3. The number of amides is 1. The van der Waals surface area contributed by atoms with E-state index in [4.69, 9.17) is 31.8 Å². The summed E-state index contributed by atoms with van der Waals surface area (Å²) in [7, 11) is 4.90. The van der Waals surface area contributed by atoms with Crippen LogP contribution < -0.4 is 5.32 Å². The van der Waals surface area contributed by atoms with Gasteiger partial charge in [-0.1, -0.05) is 0 Å². The largest absolute Gasteiger partial charge is 0.394 e. The monoisotopic (exact) mass is 400 g/mol. The molecule has 1 amide bonds. The van der Waals surface area contributed by atoms with Crippen molar-refractivity contribution < 1.29 is 42.1 Å². The SMILES string of the molecule is [B][C@@H]1O[C@H](CC(F)(F)P(=O)(O)O)[C@@H](OC)[C@H]1OCC(=O)NCCN(C)C. The molecule has 1 aliphatic heterocycles. The lowest BCUT2D eigenvalue weighted by Crippen LogP contribution is -2.41. The van der Waals surface area contributed by atoms with Crippen LogP contribution in [0.4, 0.5) is 8.78 Å². The molecule has 0 aromatic heterocycles. The van der Waals surface area contributed by atoms with E-state index in [9.17, 15) is 18.1 Å². The molecule has 1 rings (SSSR count). The second-order valence-corrected chi connectivity index (χ2v) is 7.92. The summed E-state index contributed by atoms with van der Waals surface area (Å²) in [6.45, 7) is 0.627. The molecule has 1 heterocycles. The molecule has 0 aromatic rings. The van der Waals surface area contributed by atoms with Gasteiger partial charge < -0.3 is 34.2 Å². The van der Waals surface area contributed by atoms with E-state index in [-0.39, 0.29) is 0 Å². The molecule has 9 nitrogen and oxygen atoms in total. The normalized spacial score (nSPS) is 27.1. The van der Waals surface area contributed by atoms with Gasteiger partial charge in [0.05, 0.1) is 12.5 Å². The standard InChI is InChI=1S/C13H24BF2N2O7P/c1-18(2)5-4-17-9(19)7-24-11-10(23-3)8(25-12(11)14)6-13(15,16)26(20,21)22/h8,10-12H,4-7H2,1-3H3,(H,17,19)(H2,20,21,22)/t8-,10-,11-,12-/m1/s1. The van der Waals surface area contributed by atoms with Crippen LogP contribution in [0.15, 0.2) is 0 Å². The Morgan fingerprint density at radius 3 is 2.50 bits per heavy atom. The van der Waals surface area contributed by atoms with Crippen LogP contribution in [0, 0.1) is 0 Å². The molecule has 0 aliphatic carbocycles. The van der Waals surface area contributed by atoms with Crippen molar-refractivity contribution in [2.75, 3.05) is 40.9 Å². The molecule has 4 atom stereocenters. The maximum atomic E-state index is 13.6. The second-order valence-electron chi connectivity index (χ2n) is 6.18. The lowest BCUT2D eigenvalue weighted by molar-refractivity contribution is -0.130. The topological polar surface area (TPSA) is 118 Å². The van der Waals surface area contributed by atoms with E-state index >= 15 is 0 Å². The number of nitrogens with zero attached hydrogens (tertiary/aromatic N) is 1. The van der Waals surface area contributed by atoms with Crippen molar-refractivity contribution in [1.82, 2.24) is 10.2 Å². The van der Waals surface area contributed by atoms with Crippen molar-refractivity contribution in [2.45, 2.75) is 36.4 Å². The van der Waals surface area contributed by atoms with Crippen LogP contribution in [-0.2, 0) is 23.6 Å². The molecule has 0 saturated carbocycles. The van der Waals surface area contributed by atoms with E-state index in [0.29, 0.717) is 13.1 Å². The number of carbonyl (C=O) groups excluding carboxylic acids is 1. The summed E-state index contributed by atoms with van der Waals surface area (Å²) in [5, 5.41) is 2.60. The third-order valence-electron chi connectivity index (χ3n) is 3.78. The predicted molar refractivity (Wildman–Crippen MR) is 88.1 cm³/mol. The first-order chi connectivity index (χ1) is 11.9. The molecule has 0 bridgehead atoms. The molecule has 0 aromatic carbocycles. The molecule has 0 unspecified atom stereocenters. The van der Waals surface area contributed by atoms with Crippen LogP contribution in [-0.4, -0.2) is 99.3 Å². The second kappa shape index (κ2) is 9.54. The molecular weight excluding hydrogens is 376 g/mol. The van der Waals surface area contributed by atoms with Gasteiger partial charge in [0.1, 0.15) is 26.7 Å². The van der Waals surface area contributed by atoms with Gasteiger partial charge >= 0.3 is 13.3 Å². The molecular formula is C13H24BF2N2O7P. The predicted octanol–water partition coefficient (Wildman–Crippen LogP) is -0.882. The minimum Gasteiger partial charge on any atom is -0.379 e. The summed E-state index contributed by atoms with van der Waals surface area (Å²) < 4.78 is 53.6. The Morgan fingerprint density at radius 1 is 1.38 bits per heavy atom. The van der Waals surface area contributed by atoms with Crippen LogP contribution in [0.2, 0.25) is 0 Å². The van der Waals surface area contributed by atoms with Gasteiger partial charge in [0.15, 0.2) is 0 Å². The van der Waals surface area contributed by atoms with E-state index in [1.54, 1.807) is 0 Å². The van der Waals surface area contributed by atoms with Gasteiger partial charge in [-0.05, 0) is 14.1 Å². The molecule has 150 valence electrons. The first-order valence-electron chi connectivity index (χ1n) is 7.79. The molecule has 3 N–H and O–H groups in total. The van der Waals surface area contributed by atoms with Gasteiger partial charge in [0.25, 0.3) is 0 Å². The third-order valence-corrected chi connectivity index (χ3v) is 4.81. The molecule has 26 heavy (non-hydrogen) atoms. The molecule has 1 fully saturated rings. The van der Waals surface area contributed by atoms with Crippen molar-refractivity contribution in [3.63, 3.8) is 0 Å². The van der Waals surface area contributed by atoms with Crippen molar-refractivity contribution in [3.8, 4) is 0 Å². The number of hydrogen-bond acceptors (Lipinski definition) is 6. The molecule has 2 radical (unpaired) electrons. The zero-order valence-electron chi connectivity index (χ0n) is 14.8. The lowest BCUT2D eigenvalue weighted by atomic mass is 9.92. The summed E-state index contributed by atoms with van der Waals surface area (Å²) in [5.41, 5.74) is -4.30. The lowest BCUT2D eigenvalue weighted by Gasteiger charge is -2.25. The molecule has 1 saturated heterocycles. The van der Waals surface area contributed by atoms with Crippen LogP contribution in [0.3, 0.4) is 0 Å². The molecule has 1 aliphatic rings. The minimum absolute atomic E-state index is 0.392. The van der Waals surface area contributed by atoms with Gasteiger partial charge in [0.2, 0.25) is 5.91 Å². The average Bonchev–Trinajstić information content (AvgIpc) is 2.77. The summed E-state index contributed by atoms with van der Waals surface area (Å²) in [6.07, 6.45) is -4.85. The fourth-order valence-electron chi connectivity index (χ4n) is 2.40. The highest BCUT2D eigenvalue weighted by atomic mass is 31.2. The smallest absolute Gasteiger partial charge is 0.379 e. The highest BCUT2D eigenvalue weighted by Crippen LogP contribution is 2.56. The maximum absolute atomic E-state index is 13.6. The van der Waals surface area contributed by atoms with E-state index < -0.39 is 56.5 Å². The Kier molecular flexibility index (Phi) is 8.60. The first-order valence-corrected chi connectivity index (χ1v) is 9.40. The highest BCUT2D eigenvalue weighted by Gasteiger charge is 2.55. The number of alkyl halides is 2. The van der Waals surface area contributed by atoms with Gasteiger partial charge in [0, 0.05) is 26.2 Å². The van der Waals surface area contributed by atoms with E-state index in [1.807, 2.05) is 19.0 Å². The Labute approximate surface area is 151 Å². The van der Waals surface area contributed by atoms with Gasteiger partial charge in [-0.3, -0.25) is 9.36 Å². The van der Waals surface area contributed by atoms with Crippen LogP contribution >= 0.6 is 7.60 Å². The average molecular weight is 400 g/mol. The van der Waals surface area contributed by atoms with Crippen molar-refractivity contribution in [3.05, 3.63) is 0 Å². The van der Waals surface area contributed by atoms with Gasteiger partial charge in [-0.25, -0.2) is 0 Å². The van der Waals surface area contributed by atoms with E-state index in [0.717, 1.165) is 0 Å². The zero-order valence-corrected chi connectivity index (χ0v) is 15.7. The van der Waals surface area contributed by atoms with Crippen molar-refractivity contribution >= 4 is 21.3 Å². The Morgan fingerprint density at radius 2 is 2.00 bits per heavy atom. The minimum atomic E-state index is -5.67. The van der Waals surface area contributed by atoms with Gasteiger partial charge in [-0.2, -0.15) is 8.78 Å². The Bertz CT molecular complexity index is 523. The van der Waals surface area contributed by atoms with Crippen LogP contribution in [0.1, 0.15) is 6.42 Å².